The molecule has 5 heteroatoms. The normalized spacial score (nSPS) is 18.8. The van der Waals surface area contributed by atoms with Crippen molar-refractivity contribution in [1.82, 2.24) is 15.3 Å². The van der Waals surface area contributed by atoms with E-state index in [-0.39, 0.29) is 0 Å². The van der Waals surface area contributed by atoms with E-state index in [0.29, 0.717) is 29.6 Å². The first kappa shape index (κ1) is 13.6. The van der Waals surface area contributed by atoms with Crippen molar-refractivity contribution in [1.29, 1.82) is 0 Å². The van der Waals surface area contributed by atoms with Gasteiger partial charge in [0.05, 0.1) is 5.02 Å². The van der Waals surface area contributed by atoms with E-state index in [4.69, 9.17) is 11.6 Å². The summed E-state index contributed by atoms with van der Waals surface area (Å²) >= 11 is 6.17. The Morgan fingerprint density at radius 2 is 2.40 bits per heavy atom. The molecule has 1 unspecified atom stereocenters. The van der Waals surface area contributed by atoms with Crippen LogP contribution >= 0.6 is 11.6 Å². The van der Waals surface area contributed by atoms with E-state index in [1.54, 1.807) is 12.4 Å². The number of pyridine rings is 1. The summed E-state index contributed by atoms with van der Waals surface area (Å²) < 4.78 is 0. The second-order valence-electron chi connectivity index (χ2n) is 5.43. The quantitative estimate of drug-likeness (QED) is 0.890. The molecule has 1 fully saturated rings. The molecule has 2 aromatic heterocycles. The van der Waals surface area contributed by atoms with Gasteiger partial charge in [-0.15, -0.1) is 0 Å². The number of nitrogens with one attached hydrogen (secondary N) is 2. The first-order valence-corrected chi connectivity index (χ1v) is 7.44. The van der Waals surface area contributed by atoms with Crippen LogP contribution in [0.15, 0.2) is 18.5 Å². The number of carbonyl (C=O) groups excluding carboxylic acids is 1. The lowest BCUT2D eigenvalue weighted by Gasteiger charge is -2.07. The number of hydrogen-bond acceptors (Lipinski definition) is 3. The van der Waals surface area contributed by atoms with Crippen LogP contribution in [0.5, 0.6) is 0 Å². The minimum absolute atomic E-state index is 0.343. The van der Waals surface area contributed by atoms with E-state index in [1.165, 1.54) is 0 Å². The average molecular weight is 292 g/mol. The molecule has 1 saturated heterocycles. The van der Waals surface area contributed by atoms with Crippen LogP contribution in [0.25, 0.3) is 11.0 Å². The van der Waals surface area contributed by atoms with Crippen molar-refractivity contribution in [2.75, 3.05) is 13.1 Å². The molecule has 0 bridgehead atoms. The molecule has 20 heavy (non-hydrogen) atoms. The maximum atomic E-state index is 12.0. The molecule has 1 aliphatic heterocycles. The van der Waals surface area contributed by atoms with Crippen molar-refractivity contribution >= 4 is 28.4 Å². The monoisotopic (exact) mass is 291 g/mol. The Morgan fingerprint density at radius 1 is 1.50 bits per heavy atom. The molecular formula is C15H18ClN3O. The van der Waals surface area contributed by atoms with Gasteiger partial charge in [0.1, 0.15) is 11.4 Å². The van der Waals surface area contributed by atoms with Gasteiger partial charge < -0.3 is 10.3 Å². The van der Waals surface area contributed by atoms with Crippen LogP contribution in [0.2, 0.25) is 5.02 Å². The van der Waals surface area contributed by atoms with Gasteiger partial charge in [-0.05, 0) is 43.5 Å². The number of carbonyl (C=O) groups is 1. The third kappa shape index (κ3) is 2.86. The van der Waals surface area contributed by atoms with Crippen molar-refractivity contribution in [3.8, 4) is 0 Å². The van der Waals surface area contributed by atoms with Crippen molar-refractivity contribution in [3.63, 3.8) is 0 Å². The van der Waals surface area contributed by atoms with E-state index in [0.717, 1.165) is 42.5 Å². The second-order valence-corrected chi connectivity index (χ2v) is 5.84. The first-order valence-electron chi connectivity index (χ1n) is 7.07. The number of nitrogens with zero attached hydrogens (tertiary/aromatic N) is 1. The lowest BCUT2D eigenvalue weighted by atomic mass is 9.97. The Labute approximate surface area is 122 Å². The van der Waals surface area contributed by atoms with Gasteiger partial charge in [0.25, 0.3) is 0 Å². The Hall–Kier alpha value is -1.39. The van der Waals surface area contributed by atoms with E-state index in [9.17, 15) is 4.79 Å². The van der Waals surface area contributed by atoms with Gasteiger partial charge in [-0.25, -0.2) is 4.98 Å². The van der Waals surface area contributed by atoms with Crippen molar-refractivity contribution < 1.29 is 4.79 Å². The van der Waals surface area contributed by atoms with Crippen molar-refractivity contribution in [3.05, 3.63) is 29.0 Å². The molecule has 4 nitrogen and oxygen atoms in total. The van der Waals surface area contributed by atoms with Gasteiger partial charge in [0, 0.05) is 30.6 Å². The van der Waals surface area contributed by atoms with E-state index >= 15 is 0 Å². The minimum Gasteiger partial charge on any atom is -0.345 e. The second kappa shape index (κ2) is 5.94. The Bertz CT molecular complexity index is 617. The number of ketones is 1. The number of aromatic nitrogens is 2. The van der Waals surface area contributed by atoms with E-state index < -0.39 is 0 Å². The third-order valence-electron chi connectivity index (χ3n) is 3.96. The fourth-order valence-corrected chi connectivity index (χ4v) is 3.14. The summed E-state index contributed by atoms with van der Waals surface area (Å²) in [5, 5.41) is 4.92. The number of aromatic amines is 1. The van der Waals surface area contributed by atoms with Gasteiger partial charge in [0.2, 0.25) is 0 Å². The van der Waals surface area contributed by atoms with Gasteiger partial charge >= 0.3 is 0 Å². The smallest absolute Gasteiger partial charge is 0.139 e. The van der Waals surface area contributed by atoms with Gasteiger partial charge in [0.15, 0.2) is 0 Å². The first-order chi connectivity index (χ1) is 9.74. The minimum atomic E-state index is 0.343. The highest BCUT2D eigenvalue weighted by molar-refractivity contribution is 6.35. The number of aryl methyl sites for hydroxylation is 1. The standard InChI is InChI=1S/C15H18ClN3O/c16-13-9-19-15-14(13)11(4-6-18-15)1-2-12(20)7-10-3-5-17-8-10/h4,6,9-10,17H,1-3,5,7-8H2,(H,18,19). The molecule has 1 atom stereocenters. The topological polar surface area (TPSA) is 57.8 Å². The van der Waals surface area contributed by atoms with Gasteiger partial charge in [-0.3, -0.25) is 4.79 Å². The van der Waals surface area contributed by atoms with E-state index in [1.807, 2.05) is 6.07 Å². The fourth-order valence-electron chi connectivity index (χ4n) is 2.88. The molecule has 3 rings (SSSR count). The molecule has 1 aliphatic rings. The molecule has 2 aromatic rings. The van der Waals surface area contributed by atoms with Crippen molar-refractivity contribution in [2.24, 2.45) is 5.92 Å². The lowest BCUT2D eigenvalue weighted by Crippen LogP contribution is -2.13. The molecule has 0 aromatic carbocycles. The number of rotatable bonds is 5. The maximum Gasteiger partial charge on any atom is 0.139 e. The largest absolute Gasteiger partial charge is 0.345 e. The third-order valence-corrected chi connectivity index (χ3v) is 4.26. The predicted molar refractivity (Wildman–Crippen MR) is 80.0 cm³/mol. The van der Waals surface area contributed by atoms with Crippen LogP contribution in [-0.2, 0) is 11.2 Å². The number of Topliss-reactive ketones (excluding diaryl/α,β-unsaturated/α-hetero) is 1. The number of hydrogen-bond donors (Lipinski definition) is 2. The van der Waals surface area contributed by atoms with Crippen LogP contribution < -0.4 is 5.32 Å². The summed E-state index contributed by atoms with van der Waals surface area (Å²) in [6, 6.07) is 1.95. The SMILES string of the molecule is O=C(CCc1ccnc2[nH]cc(Cl)c12)CC1CCNC1. The highest BCUT2D eigenvalue weighted by atomic mass is 35.5. The van der Waals surface area contributed by atoms with Crippen LogP contribution in [0, 0.1) is 5.92 Å². The molecule has 3 heterocycles. The number of fused-ring (bicyclic) bond motifs is 1. The predicted octanol–water partition coefficient (Wildman–Crippen LogP) is 2.72. The molecule has 0 radical (unpaired) electrons. The lowest BCUT2D eigenvalue weighted by molar-refractivity contribution is -0.119. The molecule has 0 amide bonds. The zero-order valence-corrected chi connectivity index (χ0v) is 12.0. The van der Waals surface area contributed by atoms with Crippen molar-refractivity contribution in [2.45, 2.75) is 25.7 Å². The molecule has 0 saturated carbocycles. The summed E-state index contributed by atoms with van der Waals surface area (Å²) in [5.41, 5.74) is 1.89. The summed E-state index contributed by atoms with van der Waals surface area (Å²) in [5.74, 6) is 0.867. The molecule has 0 aliphatic carbocycles. The van der Waals surface area contributed by atoms with Crippen LogP contribution in [-0.4, -0.2) is 28.8 Å². The number of H-pyrrole nitrogens is 1. The molecule has 0 spiro atoms. The highest BCUT2D eigenvalue weighted by Crippen LogP contribution is 2.26. The van der Waals surface area contributed by atoms with Gasteiger partial charge in [-0.1, -0.05) is 11.6 Å². The van der Waals surface area contributed by atoms with Crippen LogP contribution in [0.3, 0.4) is 0 Å². The van der Waals surface area contributed by atoms with Crippen LogP contribution in [0.1, 0.15) is 24.8 Å². The Kier molecular flexibility index (Phi) is 4.03. The Morgan fingerprint density at radius 3 is 3.20 bits per heavy atom. The zero-order valence-electron chi connectivity index (χ0n) is 11.3. The van der Waals surface area contributed by atoms with Gasteiger partial charge in [-0.2, -0.15) is 0 Å². The zero-order chi connectivity index (χ0) is 13.9. The number of halogens is 1. The van der Waals surface area contributed by atoms with Crippen LogP contribution in [0.4, 0.5) is 0 Å². The maximum absolute atomic E-state index is 12.0. The Balaban J connectivity index is 1.64. The van der Waals surface area contributed by atoms with E-state index in [2.05, 4.69) is 15.3 Å². The molecular weight excluding hydrogens is 274 g/mol. The average Bonchev–Trinajstić information content (AvgIpc) is 3.07. The summed E-state index contributed by atoms with van der Waals surface area (Å²) in [6.07, 6.45) is 6.63. The summed E-state index contributed by atoms with van der Waals surface area (Å²) in [6.45, 7) is 2.02. The summed E-state index contributed by atoms with van der Waals surface area (Å²) in [4.78, 5) is 19.3. The highest BCUT2D eigenvalue weighted by Gasteiger charge is 2.18. The molecule has 106 valence electrons. The summed E-state index contributed by atoms with van der Waals surface area (Å²) in [7, 11) is 0. The fraction of sp³-hybridized carbons (Fsp3) is 0.467. The molecule has 2 N–H and O–H groups in total.